The Bertz CT molecular complexity index is 359. The van der Waals surface area contributed by atoms with Gasteiger partial charge in [0.15, 0.2) is 0 Å². The van der Waals surface area contributed by atoms with Gasteiger partial charge in [-0.15, -0.1) is 0 Å². The highest BCUT2D eigenvalue weighted by Crippen LogP contribution is 2.34. The molecule has 0 aliphatic heterocycles. The fraction of sp³-hybridized carbons (Fsp3) is 0.333. The summed E-state index contributed by atoms with van der Waals surface area (Å²) in [6, 6.07) is 4.38. The predicted octanol–water partition coefficient (Wildman–Crippen LogP) is 3.26. The zero-order valence-corrected chi connectivity index (χ0v) is 7.78. The van der Waals surface area contributed by atoms with Crippen molar-refractivity contribution in [3.05, 3.63) is 39.9 Å². The number of nitro benzene ring substituents is 1. The molecule has 0 radical (unpaired) electrons. The van der Waals surface area contributed by atoms with Crippen LogP contribution in [0.4, 0.5) is 18.9 Å². The minimum atomic E-state index is -4.32. The molecule has 1 rings (SSSR count). The van der Waals surface area contributed by atoms with Crippen LogP contribution in [-0.2, 0) is 0 Å². The summed E-state index contributed by atoms with van der Waals surface area (Å²) >= 11 is 0. The molecule has 1 aromatic rings. The summed E-state index contributed by atoms with van der Waals surface area (Å²) in [5.74, 6) is -1.61. The van der Waals surface area contributed by atoms with Crippen LogP contribution >= 0.6 is 0 Å². The van der Waals surface area contributed by atoms with Gasteiger partial charge in [0.1, 0.15) is 0 Å². The zero-order valence-electron chi connectivity index (χ0n) is 7.78. The van der Waals surface area contributed by atoms with Crippen LogP contribution in [0.25, 0.3) is 0 Å². The molecule has 0 fully saturated rings. The van der Waals surface area contributed by atoms with Gasteiger partial charge in [0.2, 0.25) is 0 Å². The average molecular weight is 219 g/mol. The van der Waals surface area contributed by atoms with Gasteiger partial charge in [-0.05, 0) is 12.5 Å². The summed E-state index contributed by atoms with van der Waals surface area (Å²) in [7, 11) is 0. The lowest BCUT2D eigenvalue weighted by molar-refractivity contribution is -0.384. The van der Waals surface area contributed by atoms with Crippen molar-refractivity contribution in [1.82, 2.24) is 0 Å². The predicted molar refractivity (Wildman–Crippen MR) is 47.6 cm³/mol. The first-order valence-electron chi connectivity index (χ1n) is 4.13. The van der Waals surface area contributed by atoms with Gasteiger partial charge in [0.25, 0.3) is 5.69 Å². The second-order valence-corrected chi connectivity index (χ2v) is 3.11. The van der Waals surface area contributed by atoms with E-state index in [-0.39, 0.29) is 11.3 Å². The van der Waals surface area contributed by atoms with Crippen molar-refractivity contribution in [2.45, 2.75) is 19.0 Å². The van der Waals surface area contributed by atoms with Gasteiger partial charge in [0.05, 0.1) is 10.8 Å². The molecule has 0 aliphatic rings. The van der Waals surface area contributed by atoms with E-state index in [9.17, 15) is 23.3 Å². The highest BCUT2D eigenvalue weighted by Gasteiger charge is 2.36. The van der Waals surface area contributed by atoms with E-state index in [1.54, 1.807) is 0 Å². The fourth-order valence-electron chi connectivity index (χ4n) is 1.07. The molecule has 1 atom stereocenters. The van der Waals surface area contributed by atoms with Crippen LogP contribution in [0.15, 0.2) is 24.3 Å². The summed E-state index contributed by atoms with van der Waals surface area (Å²) < 4.78 is 36.8. The Morgan fingerprint density at radius 3 is 2.07 bits per heavy atom. The third-order valence-electron chi connectivity index (χ3n) is 2.09. The van der Waals surface area contributed by atoms with Crippen molar-refractivity contribution >= 4 is 5.69 Å². The summed E-state index contributed by atoms with van der Waals surface area (Å²) in [6.45, 7) is 1.02. The average Bonchev–Trinajstić information content (AvgIpc) is 2.15. The number of halogens is 3. The number of hydrogen-bond acceptors (Lipinski definition) is 2. The number of benzene rings is 1. The minimum absolute atomic E-state index is 0.0214. The molecule has 3 nitrogen and oxygen atoms in total. The number of non-ortho nitro benzene ring substituents is 1. The lowest BCUT2D eigenvalue weighted by Gasteiger charge is -2.15. The SMILES string of the molecule is CC(c1ccc([N+](=O)[O-])cc1)C(F)(F)F. The molecule has 0 heterocycles. The fourth-order valence-corrected chi connectivity index (χ4v) is 1.07. The molecule has 0 saturated heterocycles. The second-order valence-electron chi connectivity index (χ2n) is 3.11. The van der Waals surface area contributed by atoms with Crippen LogP contribution in [0, 0.1) is 10.1 Å². The number of rotatable bonds is 2. The number of nitrogens with zero attached hydrogens (tertiary/aromatic N) is 1. The Balaban J connectivity index is 2.94. The third kappa shape index (κ3) is 2.68. The van der Waals surface area contributed by atoms with Crippen molar-refractivity contribution < 1.29 is 18.1 Å². The van der Waals surface area contributed by atoms with E-state index in [1.807, 2.05) is 0 Å². The van der Waals surface area contributed by atoms with E-state index in [1.165, 1.54) is 0 Å². The van der Waals surface area contributed by atoms with E-state index in [4.69, 9.17) is 0 Å². The topological polar surface area (TPSA) is 43.1 Å². The van der Waals surface area contributed by atoms with Crippen LogP contribution in [0.1, 0.15) is 18.4 Å². The van der Waals surface area contributed by atoms with Gasteiger partial charge in [-0.2, -0.15) is 13.2 Å². The molecule has 0 amide bonds. The zero-order chi connectivity index (χ0) is 11.6. The first kappa shape index (κ1) is 11.5. The number of nitro groups is 1. The minimum Gasteiger partial charge on any atom is -0.258 e. The maximum atomic E-state index is 12.3. The summed E-state index contributed by atoms with van der Waals surface area (Å²) in [4.78, 5) is 9.61. The van der Waals surface area contributed by atoms with Gasteiger partial charge < -0.3 is 0 Å². The van der Waals surface area contributed by atoms with E-state index < -0.39 is 17.0 Å². The summed E-state index contributed by atoms with van der Waals surface area (Å²) in [6.07, 6.45) is -4.32. The van der Waals surface area contributed by atoms with Crippen molar-refractivity contribution in [3.8, 4) is 0 Å². The van der Waals surface area contributed by atoms with Crippen LogP contribution < -0.4 is 0 Å². The highest BCUT2D eigenvalue weighted by molar-refractivity contribution is 5.34. The Kier molecular flexibility index (Phi) is 2.97. The van der Waals surface area contributed by atoms with E-state index in [0.29, 0.717) is 0 Å². The monoisotopic (exact) mass is 219 g/mol. The van der Waals surface area contributed by atoms with Crippen molar-refractivity contribution in [2.24, 2.45) is 0 Å². The molecule has 0 bridgehead atoms. The van der Waals surface area contributed by atoms with Crippen LogP contribution in [0.5, 0.6) is 0 Å². The number of hydrogen-bond donors (Lipinski definition) is 0. The molecule has 6 heteroatoms. The maximum Gasteiger partial charge on any atom is 0.395 e. The molecule has 1 unspecified atom stereocenters. The molecular formula is C9H8F3NO2. The normalized spacial score (nSPS) is 13.6. The van der Waals surface area contributed by atoms with Crippen LogP contribution in [0.3, 0.4) is 0 Å². The quantitative estimate of drug-likeness (QED) is 0.566. The molecule has 15 heavy (non-hydrogen) atoms. The second kappa shape index (κ2) is 3.88. The van der Waals surface area contributed by atoms with Gasteiger partial charge in [-0.25, -0.2) is 0 Å². The third-order valence-corrected chi connectivity index (χ3v) is 2.09. The van der Waals surface area contributed by atoms with Gasteiger partial charge >= 0.3 is 6.18 Å². The molecule has 0 aromatic heterocycles. The van der Waals surface area contributed by atoms with Gasteiger partial charge in [-0.3, -0.25) is 10.1 Å². The standard InChI is InChI=1S/C9H8F3NO2/c1-6(9(10,11)12)7-2-4-8(5-3-7)13(14)15/h2-6H,1H3. The van der Waals surface area contributed by atoms with Gasteiger partial charge in [-0.1, -0.05) is 12.1 Å². The maximum absolute atomic E-state index is 12.3. The lowest BCUT2D eigenvalue weighted by Crippen LogP contribution is -2.17. The van der Waals surface area contributed by atoms with Crippen LogP contribution in [0.2, 0.25) is 0 Å². The molecular weight excluding hydrogens is 211 g/mol. The molecule has 0 aliphatic carbocycles. The number of alkyl halides is 3. The van der Waals surface area contributed by atoms with E-state index in [0.717, 1.165) is 31.2 Å². The van der Waals surface area contributed by atoms with Crippen molar-refractivity contribution in [1.29, 1.82) is 0 Å². The Labute approximate surface area is 83.7 Å². The van der Waals surface area contributed by atoms with Crippen molar-refractivity contribution in [3.63, 3.8) is 0 Å². The smallest absolute Gasteiger partial charge is 0.258 e. The molecule has 1 aromatic carbocycles. The first-order valence-corrected chi connectivity index (χ1v) is 4.13. The van der Waals surface area contributed by atoms with Crippen molar-refractivity contribution in [2.75, 3.05) is 0 Å². The summed E-state index contributed by atoms with van der Waals surface area (Å²) in [5, 5.41) is 10.3. The Morgan fingerprint density at radius 1 is 1.27 bits per heavy atom. The summed E-state index contributed by atoms with van der Waals surface area (Å²) in [5.41, 5.74) is -0.193. The molecule has 0 N–H and O–H groups in total. The molecule has 82 valence electrons. The Morgan fingerprint density at radius 2 is 1.73 bits per heavy atom. The largest absolute Gasteiger partial charge is 0.395 e. The van der Waals surface area contributed by atoms with E-state index >= 15 is 0 Å². The lowest BCUT2D eigenvalue weighted by atomic mass is 10.0. The highest BCUT2D eigenvalue weighted by atomic mass is 19.4. The van der Waals surface area contributed by atoms with E-state index in [2.05, 4.69) is 0 Å². The first-order chi connectivity index (χ1) is 6.82. The molecule has 0 spiro atoms. The molecule has 0 saturated carbocycles. The van der Waals surface area contributed by atoms with Crippen LogP contribution in [-0.4, -0.2) is 11.1 Å². The van der Waals surface area contributed by atoms with Gasteiger partial charge in [0, 0.05) is 12.1 Å². The Hall–Kier alpha value is -1.59.